The standard InChI is InChI=1S/C24H25FN2O2/c1-23(2,18-12-16(25)11-15-9-10-29-22(15)18)14-24(3,28)13-20-21(26-4)17-7-5-6-8-19(17)27-20/h5-8,11-12,27-28H,9-10,13-14H2,1-3H3. The molecule has 2 heterocycles. The SMILES string of the molecule is [C-]#[N+]c1c(CC(C)(O)CC(C)(C)c2cc(F)cc3c2OCC3)[nH]c2ccccc12. The summed E-state index contributed by atoms with van der Waals surface area (Å²) in [7, 11) is 0. The summed E-state index contributed by atoms with van der Waals surface area (Å²) in [6.45, 7) is 13.9. The minimum absolute atomic E-state index is 0.275. The molecule has 1 aliphatic heterocycles. The molecule has 1 aliphatic rings. The highest BCUT2D eigenvalue weighted by atomic mass is 19.1. The van der Waals surface area contributed by atoms with E-state index in [1.54, 1.807) is 6.92 Å². The smallest absolute Gasteiger partial charge is 0.215 e. The molecule has 0 fully saturated rings. The molecule has 4 rings (SSSR count). The normalized spacial score (nSPS) is 15.6. The lowest BCUT2D eigenvalue weighted by Gasteiger charge is -2.35. The Morgan fingerprint density at radius 2 is 2.00 bits per heavy atom. The van der Waals surface area contributed by atoms with Crippen molar-refractivity contribution in [1.29, 1.82) is 0 Å². The Hall–Kier alpha value is -2.84. The molecule has 4 nitrogen and oxygen atoms in total. The van der Waals surface area contributed by atoms with Gasteiger partial charge < -0.3 is 14.8 Å². The number of benzene rings is 2. The van der Waals surface area contributed by atoms with Gasteiger partial charge in [-0.15, -0.1) is 0 Å². The molecule has 150 valence electrons. The average molecular weight is 392 g/mol. The maximum absolute atomic E-state index is 14.2. The van der Waals surface area contributed by atoms with Gasteiger partial charge in [0.2, 0.25) is 5.69 Å². The highest BCUT2D eigenvalue weighted by molar-refractivity contribution is 5.94. The Bertz CT molecular complexity index is 1120. The number of para-hydroxylation sites is 1. The van der Waals surface area contributed by atoms with Gasteiger partial charge in [0.25, 0.3) is 0 Å². The van der Waals surface area contributed by atoms with Gasteiger partial charge in [0.15, 0.2) is 0 Å². The summed E-state index contributed by atoms with van der Waals surface area (Å²) in [6.07, 6.45) is 1.41. The van der Waals surface area contributed by atoms with Crippen LogP contribution in [0.4, 0.5) is 10.1 Å². The van der Waals surface area contributed by atoms with Crippen LogP contribution in [0.5, 0.6) is 5.75 Å². The molecule has 1 atom stereocenters. The molecule has 0 saturated heterocycles. The maximum atomic E-state index is 14.2. The number of fused-ring (bicyclic) bond motifs is 2. The van der Waals surface area contributed by atoms with Gasteiger partial charge in [-0.25, -0.2) is 9.24 Å². The summed E-state index contributed by atoms with van der Waals surface area (Å²) in [5.41, 5.74) is 2.23. The van der Waals surface area contributed by atoms with E-state index in [1.165, 1.54) is 12.1 Å². The average Bonchev–Trinajstić information content (AvgIpc) is 3.22. The second-order valence-electron chi connectivity index (χ2n) is 8.88. The second kappa shape index (κ2) is 6.89. The third-order valence-corrected chi connectivity index (χ3v) is 5.72. The molecule has 29 heavy (non-hydrogen) atoms. The van der Waals surface area contributed by atoms with Crippen molar-refractivity contribution >= 4 is 16.6 Å². The Morgan fingerprint density at radius 1 is 1.24 bits per heavy atom. The first-order valence-electron chi connectivity index (χ1n) is 9.85. The summed E-state index contributed by atoms with van der Waals surface area (Å²) < 4.78 is 20.0. The van der Waals surface area contributed by atoms with Gasteiger partial charge in [-0.3, -0.25) is 0 Å². The van der Waals surface area contributed by atoms with Crippen molar-refractivity contribution in [2.75, 3.05) is 6.61 Å². The van der Waals surface area contributed by atoms with Gasteiger partial charge in [-0.2, -0.15) is 0 Å². The topological polar surface area (TPSA) is 49.6 Å². The number of aromatic nitrogens is 1. The Balaban J connectivity index is 1.65. The minimum atomic E-state index is -1.10. The number of nitrogens with one attached hydrogen (secondary N) is 1. The monoisotopic (exact) mass is 392 g/mol. The number of aliphatic hydroxyl groups is 1. The van der Waals surface area contributed by atoms with E-state index in [-0.39, 0.29) is 5.82 Å². The number of hydrogen-bond acceptors (Lipinski definition) is 2. The molecule has 1 unspecified atom stereocenters. The van der Waals surface area contributed by atoms with Gasteiger partial charge in [-0.1, -0.05) is 32.0 Å². The largest absolute Gasteiger partial charge is 0.493 e. The summed E-state index contributed by atoms with van der Waals surface area (Å²) in [5, 5.41) is 12.1. The molecule has 0 aliphatic carbocycles. The van der Waals surface area contributed by atoms with Crippen LogP contribution in [0.3, 0.4) is 0 Å². The Labute approximate surface area is 170 Å². The summed E-state index contributed by atoms with van der Waals surface area (Å²) in [5.74, 6) is 0.475. The third-order valence-electron chi connectivity index (χ3n) is 5.72. The molecule has 2 N–H and O–H groups in total. The zero-order chi connectivity index (χ0) is 20.8. The summed E-state index contributed by atoms with van der Waals surface area (Å²) in [4.78, 5) is 6.98. The zero-order valence-electron chi connectivity index (χ0n) is 17.0. The van der Waals surface area contributed by atoms with Crippen LogP contribution in [0.25, 0.3) is 15.7 Å². The van der Waals surface area contributed by atoms with Gasteiger partial charge in [0, 0.05) is 40.6 Å². The molecular formula is C24H25FN2O2. The van der Waals surface area contributed by atoms with Crippen molar-refractivity contribution in [3.8, 4) is 5.75 Å². The fraction of sp³-hybridized carbons (Fsp3) is 0.375. The zero-order valence-corrected chi connectivity index (χ0v) is 17.0. The van der Waals surface area contributed by atoms with Crippen LogP contribution in [0, 0.1) is 12.4 Å². The minimum Gasteiger partial charge on any atom is -0.493 e. The third kappa shape index (κ3) is 3.61. The van der Waals surface area contributed by atoms with Crippen molar-refractivity contribution in [3.63, 3.8) is 0 Å². The highest BCUT2D eigenvalue weighted by Gasteiger charge is 2.36. The lowest BCUT2D eigenvalue weighted by atomic mass is 9.73. The van der Waals surface area contributed by atoms with Gasteiger partial charge >= 0.3 is 0 Å². The van der Waals surface area contributed by atoms with Crippen LogP contribution >= 0.6 is 0 Å². The number of ether oxygens (including phenoxy) is 1. The number of aromatic amines is 1. The Morgan fingerprint density at radius 3 is 2.76 bits per heavy atom. The predicted molar refractivity (Wildman–Crippen MR) is 112 cm³/mol. The molecule has 0 amide bonds. The Kier molecular flexibility index (Phi) is 4.63. The van der Waals surface area contributed by atoms with Crippen molar-refractivity contribution in [2.24, 2.45) is 0 Å². The van der Waals surface area contributed by atoms with Gasteiger partial charge in [0.05, 0.1) is 18.8 Å². The van der Waals surface area contributed by atoms with Crippen LogP contribution in [0.15, 0.2) is 36.4 Å². The predicted octanol–water partition coefficient (Wildman–Crippen LogP) is 5.45. The van der Waals surface area contributed by atoms with E-state index in [1.807, 2.05) is 38.1 Å². The first-order valence-corrected chi connectivity index (χ1v) is 9.85. The van der Waals surface area contributed by atoms with Crippen molar-refractivity contribution < 1.29 is 14.2 Å². The van der Waals surface area contributed by atoms with Crippen molar-refractivity contribution in [3.05, 3.63) is 70.5 Å². The number of H-pyrrole nitrogens is 1. The number of halogens is 1. The maximum Gasteiger partial charge on any atom is 0.215 e. The molecule has 0 spiro atoms. The molecule has 1 aromatic heterocycles. The van der Waals surface area contributed by atoms with Crippen molar-refractivity contribution in [1.82, 2.24) is 4.98 Å². The lowest BCUT2D eigenvalue weighted by molar-refractivity contribution is 0.0307. The number of nitrogens with zero attached hydrogens (tertiary/aromatic N) is 1. The molecule has 0 radical (unpaired) electrons. The van der Waals surface area contributed by atoms with Gasteiger partial charge in [0.1, 0.15) is 11.6 Å². The highest BCUT2D eigenvalue weighted by Crippen LogP contribution is 2.43. The molecule has 3 aromatic rings. The number of rotatable bonds is 5. The van der Waals surface area contributed by atoms with E-state index in [2.05, 4.69) is 9.83 Å². The van der Waals surface area contributed by atoms with Gasteiger partial charge in [-0.05, 0) is 37.0 Å². The second-order valence-corrected chi connectivity index (χ2v) is 8.88. The van der Waals surface area contributed by atoms with Crippen LogP contribution in [0.1, 0.15) is 44.0 Å². The van der Waals surface area contributed by atoms with E-state index < -0.39 is 11.0 Å². The number of hydrogen-bond donors (Lipinski definition) is 2. The molecule has 2 aromatic carbocycles. The quantitative estimate of drug-likeness (QED) is 0.567. The lowest BCUT2D eigenvalue weighted by Crippen LogP contribution is -2.36. The first kappa shape index (κ1) is 19.5. The summed E-state index contributed by atoms with van der Waals surface area (Å²) in [6, 6.07) is 10.7. The molecule has 5 heteroatoms. The van der Waals surface area contributed by atoms with Crippen LogP contribution in [-0.4, -0.2) is 22.3 Å². The fourth-order valence-electron chi connectivity index (χ4n) is 4.70. The van der Waals surface area contributed by atoms with E-state index in [0.29, 0.717) is 31.6 Å². The van der Waals surface area contributed by atoms with E-state index in [0.717, 1.165) is 33.5 Å². The van der Waals surface area contributed by atoms with E-state index in [4.69, 9.17) is 11.3 Å². The van der Waals surface area contributed by atoms with Crippen molar-refractivity contribution in [2.45, 2.75) is 51.0 Å². The molecule has 0 saturated carbocycles. The van der Waals surface area contributed by atoms with E-state index in [9.17, 15) is 9.50 Å². The molecular weight excluding hydrogens is 367 g/mol. The summed E-state index contributed by atoms with van der Waals surface area (Å²) >= 11 is 0. The van der Waals surface area contributed by atoms with Crippen LogP contribution in [-0.2, 0) is 18.3 Å². The van der Waals surface area contributed by atoms with Crippen LogP contribution < -0.4 is 4.74 Å². The van der Waals surface area contributed by atoms with E-state index >= 15 is 0 Å². The molecule has 0 bridgehead atoms. The fourth-order valence-corrected chi connectivity index (χ4v) is 4.70. The first-order chi connectivity index (χ1) is 13.7. The van der Waals surface area contributed by atoms with Crippen LogP contribution in [0.2, 0.25) is 0 Å².